The quantitative estimate of drug-likeness (QED) is 0.245. The zero-order chi connectivity index (χ0) is 31.9. The molecule has 234 valence electrons. The van der Waals surface area contributed by atoms with E-state index in [0.29, 0.717) is 6.54 Å². The number of amides is 4. The van der Waals surface area contributed by atoms with Crippen molar-refractivity contribution < 1.29 is 33.0 Å². The Balaban J connectivity index is 1.49. The number of ether oxygens (including phenoxy) is 1. The topological polar surface area (TPSA) is 120 Å². The molecule has 0 aromatic heterocycles. The lowest BCUT2D eigenvalue weighted by Crippen LogP contribution is -2.59. The third-order valence-corrected chi connectivity index (χ3v) is 8.75. The smallest absolute Gasteiger partial charge is 0.387 e. The van der Waals surface area contributed by atoms with Gasteiger partial charge in [0, 0.05) is 17.0 Å². The summed E-state index contributed by atoms with van der Waals surface area (Å²) >= 11 is 1.43. The predicted octanol–water partition coefficient (Wildman–Crippen LogP) is 4.69. The Hall–Kier alpha value is -4.16. The molecule has 3 aromatic carbocycles. The summed E-state index contributed by atoms with van der Waals surface area (Å²) in [6.07, 6.45) is -1.56. The van der Waals surface area contributed by atoms with Crippen LogP contribution in [0.2, 0.25) is 0 Å². The number of alkyl halides is 2. The van der Waals surface area contributed by atoms with Crippen molar-refractivity contribution in [3.63, 3.8) is 0 Å². The molecule has 1 aliphatic heterocycles. The average molecular weight is 627 g/mol. The molecule has 9 nitrogen and oxygen atoms in total. The van der Waals surface area contributed by atoms with E-state index in [1.807, 2.05) is 63.2 Å². The van der Waals surface area contributed by atoms with E-state index in [-0.39, 0.29) is 29.6 Å². The molecule has 1 saturated heterocycles. The van der Waals surface area contributed by atoms with Crippen LogP contribution in [0, 0.1) is 6.92 Å². The summed E-state index contributed by atoms with van der Waals surface area (Å²) in [6.45, 7) is 3.02. The first kappa shape index (κ1) is 32.7. The van der Waals surface area contributed by atoms with Crippen LogP contribution >= 0.6 is 11.8 Å². The van der Waals surface area contributed by atoms with E-state index in [9.17, 15) is 28.3 Å². The number of thioether (sulfide) groups is 1. The summed E-state index contributed by atoms with van der Waals surface area (Å²) in [6, 6.07) is 19.4. The third kappa shape index (κ3) is 8.48. The number of nitrogens with one attached hydrogen (secondary N) is 3. The summed E-state index contributed by atoms with van der Waals surface area (Å²) in [4.78, 5) is 41.6. The van der Waals surface area contributed by atoms with Crippen LogP contribution in [0.1, 0.15) is 30.5 Å². The molecule has 4 amide bonds. The Labute approximate surface area is 259 Å². The van der Waals surface area contributed by atoms with Crippen LogP contribution in [0.25, 0.3) is 0 Å². The summed E-state index contributed by atoms with van der Waals surface area (Å²) in [7, 11) is 0. The number of aliphatic hydroxyl groups is 1. The Kier molecular flexibility index (Phi) is 10.8. The second-order valence-corrected chi connectivity index (χ2v) is 12.6. The van der Waals surface area contributed by atoms with Crippen LogP contribution in [0.15, 0.2) is 78.9 Å². The molecule has 1 aliphatic rings. The molecule has 0 bridgehead atoms. The summed E-state index contributed by atoms with van der Waals surface area (Å²) in [5.41, 5.74) is 3.03. The van der Waals surface area contributed by atoms with Gasteiger partial charge < -0.3 is 30.7 Å². The van der Waals surface area contributed by atoms with Gasteiger partial charge >= 0.3 is 12.6 Å². The molecule has 4 rings (SSSR count). The largest absolute Gasteiger partial charge is 0.435 e. The minimum atomic E-state index is -2.98. The number of rotatable bonds is 11. The van der Waals surface area contributed by atoms with Crippen LogP contribution in [0.4, 0.5) is 19.3 Å². The highest BCUT2D eigenvalue weighted by Gasteiger charge is 2.49. The number of aliphatic hydroxyl groups excluding tert-OH is 1. The number of urea groups is 1. The standard InChI is InChI=1S/C32H36F2N4O5S/c1-20-9-7-8-12-22(20)18-35-28(40)27-32(2,3)44-19-38(27)29(41)26(39)25(17-21-10-5-4-6-11-21)37-31(42)36-23-13-15-24(16-14-23)43-30(33)34/h4-16,25-27,30,39H,17-19H2,1-3H3,(H,35,40)(H2,36,37,42)/t25-,26-,27+/m0/s1. The Morgan fingerprint density at radius 3 is 2.34 bits per heavy atom. The van der Waals surface area contributed by atoms with Gasteiger partial charge in [-0.1, -0.05) is 54.6 Å². The maximum Gasteiger partial charge on any atom is 0.387 e. The van der Waals surface area contributed by atoms with Crippen molar-refractivity contribution in [2.75, 3.05) is 11.2 Å². The van der Waals surface area contributed by atoms with E-state index in [1.165, 1.54) is 40.9 Å². The molecule has 1 fully saturated rings. The van der Waals surface area contributed by atoms with Crippen molar-refractivity contribution in [3.8, 4) is 5.75 Å². The fourth-order valence-electron chi connectivity index (χ4n) is 5.01. The van der Waals surface area contributed by atoms with Crippen molar-refractivity contribution in [2.45, 2.75) is 63.3 Å². The van der Waals surface area contributed by atoms with E-state index < -0.39 is 41.5 Å². The van der Waals surface area contributed by atoms with Gasteiger partial charge in [-0.3, -0.25) is 9.59 Å². The molecule has 0 saturated carbocycles. The zero-order valence-corrected chi connectivity index (χ0v) is 25.4. The first-order valence-corrected chi connectivity index (χ1v) is 15.0. The monoisotopic (exact) mass is 626 g/mol. The van der Waals surface area contributed by atoms with E-state index >= 15 is 0 Å². The maximum atomic E-state index is 13.8. The molecule has 0 spiro atoms. The fraction of sp³-hybridized carbons (Fsp3) is 0.344. The zero-order valence-electron chi connectivity index (χ0n) is 24.6. The van der Waals surface area contributed by atoms with Gasteiger partial charge in [0.05, 0.1) is 11.9 Å². The van der Waals surface area contributed by atoms with Gasteiger partial charge in [-0.25, -0.2) is 4.79 Å². The number of hydrogen-bond acceptors (Lipinski definition) is 6. The first-order valence-electron chi connectivity index (χ1n) is 14.1. The number of nitrogens with zero attached hydrogens (tertiary/aromatic N) is 1. The van der Waals surface area contributed by atoms with Gasteiger partial charge in [0.15, 0.2) is 6.10 Å². The molecule has 0 unspecified atom stereocenters. The summed E-state index contributed by atoms with van der Waals surface area (Å²) < 4.78 is 28.6. The van der Waals surface area contributed by atoms with Crippen molar-refractivity contribution in [3.05, 3.63) is 95.6 Å². The SMILES string of the molecule is Cc1ccccc1CNC(=O)[C@H]1N(C(=O)[C@@H](O)[C@H](Cc2ccccc2)NC(=O)Nc2ccc(OC(F)F)cc2)CSC1(C)C. The molecule has 44 heavy (non-hydrogen) atoms. The van der Waals surface area contributed by atoms with E-state index in [2.05, 4.69) is 20.7 Å². The number of halogens is 2. The van der Waals surface area contributed by atoms with E-state index in [0.717, 1.165) is 16.7 Å². The number of aryl methyl sites for hydroxylation is 1. The van der Waals surface area contributed by atoms with Gasteiger partial charge in [0.25, 0.3) is 5.91 Å². The van der Waals surface area contributed by atoms with Crippen LogP contribution in [-0.4, -0.2) is 63.3 Å². The van der Waals surface area contributed by atoms with Crippen molar-refractivity contribution >= 4 is 35.3 Å². The molecular formula is C32H36F2N4O5S. The van der Waals surface area contributed by atoms with Gasteiger partial charge in [-0.05, 0) is 68.1 Å². The van der Waals surface area contributed by atoms with E-state index in [1.54, 1.807) is 12.1 Å². The number of benzene rings is 3. The van der Waals surface area contributed by atoms with E-state index in [4.69, 9.17) is 0 Å². The van der Waals surface area contributed by atoms with Crippen molar-refractivity contribution in [1.29, 1.82) is 0 Å². The van der Waals surface area contributed by atoms with Gasteiger partial charge in [0.2, 0.25) is 5.91 Å². The molecule has 12 heteroatoms. The molecule has 3 atom stereocenters. The lowest BCUT2D eigenvalue weighted by Gasteiger charge is -2.33. The van der Waals surface area contributed by atoms with Crippen LogP contribution < -0.4 is 20.7 Å². The fourth-order valence-corrected chi connectivity index (χ4v) is 6.15. The normalized spacial score (nSPS) is 17.1. The summed E-state index contributed by atoms with van der Waals surface area (Å²) in [5.74, 6) is -0.914. The lowest BCUT2D eigenvalue weighted by atomic mass is 9.97. The minimum Gasteiger partial charge on any atom is -0.435 e. The van der Waals surface area contributed by atoms with Crippen LogP contribution in [0.5, 0.6) is 5.75 Å². The Morgan fingerprint density at radius 2 is 1.68 bits per heavy atom. The Bertz CT molecular complexity index is 1440. The highest BCUT2D eigenvalue weighted by molar-refractivity contribution is 8.00. The van der Waals surface area contributed by atoms with Gasteiger partial charge in [-0.15, -0.1) is 11.8 Å². The van der Waals surface area contributed by atoms with Gasteiger partial charge in [0.1, 0.15) is 11.8 Å². The van der Waals surface area contributed by atoms with Crippen molar-refractivity contribution in [1.82, 2.24) is 15.5 Å². The first-order chi connectivity index (χ1) is 20.9. The van der Waals surface area contributed by atoms with Gasteiger partial charge in [-0.2, -0.15) is 8.78 Å². The third-order valence-electron chi connectivity index (χ3n) is 7.38. The summed E-state index contributed by atoms with van der Waals surface area (Å²) in [5, 5.41) is 19.6. The average Bonchev–Trinajstić information content (AvgIpc) is 3.31. The molecule has 0 radical (unpaired) electrons. The molecular weight excluding hydrogens is 590 g/mol. The minimum absolute atomic E-state index is 0.0715. The number of carbonyl (C=O) groups excluding carboxylic acids is 3. The molecule has 0 aliphatic carbocycles. The lowest BCUT2D eigenvalue weighted by molar-refractivity contribution is -0.147. The number of carbonyl (C=O) groups is 3. The molecule has 3 aromatic rings. The highest BCUT2D eigenvalue weighted by atomic mass is 32.2. The number of anilines is 1. The highest BCUT2D eigenvalue weighted by Crippen LogP contribution is 2.40. The van der Waals surface area contributed by atoms with Crippen molar-refractivity contribution in [2.24, 2.45) is 0 Å². The maximum absolute atomic E-state index is 13.8. The second kappa shape index (κ2) is 14.5. The van der Waals surface area contributed by atoms with Crippen LogP contribution in [-0.2, 0) is 22.6 Å². The molecule has 4 N–H and O–H groups in total. The Morgan fingerprint density at radius 1 is 1.02 bits per heavy atom. The van der Waals surface area contributed by atoms with Crippen LogP contribution in [0.3, 0.4) is 0 Å². The predicted molar refractivity (Wildman–Crippen MR) is 165 cm³/mol. The second-order valence-electron chi connectivity index (χ2n) is 11.0. The number of hydrogen-bond donors (Lipinski definition) is 4. The molecule has 1 heterocycles.